The zero-order valence-electron chi connectivity index (χ0n) is 17.9. The molecule has 6 nitrogen and oxygen atoms in total. The number of fused-ring (bicyclic) bond motifs is 2. The number of ketones is 1. The number of Topliss-reactive ketones (excluding diaryl/α,β-unsaturated/α-hetero) is 1. The van der Waals surface area contributed by atoms with Gasteiger partial charge in [0.1, 0.15) is 11.6 Å². The van der Waals surface area contributed by atoms with Gasteiger partial charge in [0, 0.05) is 35.4 Å². The number of nitrogen functional groups attached to an aromatic ring is 1. The van der Waals surface area contributed by atoms with Gasteiger partial charge >= 0.3 is 0 Å². The molecule has 1 saturated carbocycles. The van der Waals surface area contributed by atoms with E-state index in [4.69, 9.17) is 10.7 Å². The minimum Gasteiger partial charge on any atom is -0.383 e. The Morgan fingerprint density at radius 2 is 1.97 bits per heavy atom. The molecule has 1 fully saturated rings. The third kappa shape index (κ3) is 3.42. The van der Waals surface area contributed by atoms with Crippen LogP contribution in [0, 0.1) is 5.92 Å². The van der Waals surface area contributed by atoms with Crippen molar-refractivity contribution in [3.05, 3.63) is 46.8 Å². The summed E-state index contributed by atoms with van der Waals surface area (Å²) in [6.07, 6.45) is 10.3. The number of halogens is 1. The first-order valence-corrected chi connectivity index (χ1v) is 11.0. The second-order valence-corrected chi connectivity index (χ2v) is 8.92. The van der Waals surface area contributed by atoms with Crippen molar-refractivity contribution in [1.29, 1.82) is 0 Å². The Labute approximate surface area is 180 Å². The van der Waals surface area contributed by atoms with Crippen molar-refractivity contribution in [3.63, 3.8) is 0 Å². The fraction of sp³-hybridized carbons (Fsp3) is 0.417. The van der Waals surface area contributed by atoms with Crippen LogP contribution in [0.3, 0.4) is 0 Å². The van der Waals surface area contributed by atoms with Crippen molar-refractivity contribution >= 4 is 23.3 Å². The van der Waals surface area contributed by atoms with Crippen LogP contribution in [-0.2, 0) is 6.42 Å². The minimum absolute atomic E-state index is 0.0892. The highest BCUT2D eigenvalue weighted by atomic mass is 19.1. The van der Waals surface area contributed by atoms with Gasteiger partial charge in [-0.05, 0) is 49.8 Å². The quantitative estimate of drug-likeness (QED) is 0.595. The number of nitrogens with two attached hydrogens (primary N) is 1. The molecular weight excluding hydrogens is 393 g/mol. The van der Waals surface area contributed by atoms with Crippen molar-refractivity contribution < 1.29 is 9.18 Å². The van der Waals surface area contributed by atoms with Crippen molar-refractivity contribution in [2.24, 2.45) is 5.92 Å². The highest BCUT2D eigenvalue weighted by Crippen LogP contribution is 2.39. The average Bonchev–Trinajstić information content (AvgIpc) is 3.17. The van der Waals surface area contributed by atoms with E-state index < -0.39 is 0 Å². The van der Waals surface area contributed by atoms with Crippen LogP contribution < -0.4 is 5.73 Å². The first-order valence-electron chi connectivity index (χ1n) is 11.0. The molecule has 2 N–H and O–H groups in total. The van der Waals surface area contributed by atoms with E-state index in [0.717, 1.165) is 53.8 Å². The highest BCUT2D eigenvalue weighted by molar-refractivity contribution is 6.00. The van der Waals surface area contributed by atoms with E-state index in [9.17, 15) is 9.18 Å². The molecule has 3 aromatic rings. The Morgan fingerprint density at radius 1 is 1.19 bits per heavy atom. The van der Waals surface area contributed by atoms with Crippen LogP contribution in [0.15, 0.2) is 24.3 Å². The van der Waals surface area contributed by atoms with Crippen molar-refractivity contribution in [3.8, 4) is 11.1 Å². The number of carbonyl (C=O) groups excluding carboxylic acids is 1. The predicted octanol–water partition coefficient (Wildman–Crippen LogP) is 5.13. The smallest absolute Gasteiger partial charge is 0.165 e. The van der Waals surface area contributed by atoms with E-state index >= 15 is 0 Å². The maximum absolute atomic E-state index is 13.8. The molecule has 3 aromatic heterocycles. The molecule has 3 heterocycles. The SMILES string of the molecule is CC(=O)c1c(N)n2ncc(-c3cnc4c(c3)C=C(F)CC4)c2nc1[C@H]1CC[C@@H](C)CC1. The average molecular weight is 420 g/mol. The van der Waals surface area contributed by atoms with Gasteiger partial charge in [-0.25, -0.2) is 9.37 Å². The maximum atomic E-state index is 13.8. The molecule has 2 aliphatic carbocycles. The second kappa shape index (κ2) is 7.55. The second-order valence-electron chi connectivity index (χ2n) is 8.92. The van der Waals surface area contributed by atoms with E-state index in [1.165, 1.54) is 11.4 Å². The monoisotopic (exact) mass is 419 g/mol. The number of nitrogens with zero attached hydrogens (tertiary/aromatic N) is 4. The molecule has 2 aliphatic rings. The molecule has 7 heteroatoms. The summed E-state index contributed by atoms with van der Waals surface area (Å²) >= 11 is 0. The topological polar surface area (TPSA) is 86.2 Å². The van der Waals surface area contributed by atoms with Gasteiger partial charge in [0.2, 0.25) is 0 Å². The lowest BCUT2D eigenvalue weighted by Crippen LogP contribution is -2.19. The third-order valence-electron chi connectivity index (χ3n) is 6.69. The zero-order valence-corrected chi connectivity index (χ0v) is 17.9. The number of hydrogen-bond donors (Lipinski definition) is 1. The molecule has 0 unspecified atom stereocenters. The Balaban J connectivity index is 1.67. The molecule has 0 aliphatic heterocycles. The molecule has 0 saturated heterocycles. The standard InChI is InChI=1S/C24H26FN5O/c1-13-3-5-15(6-4-13)22-21(14(2)31)23(26)30-24(29-22)19(12-28-30)17-9-16-10-18(25)7-8-20(16)27-11-17/h9-13,15H,3-8,26H2,1-2H3/t13-,15+. The first kappa shape index (κ1) is 19.8. The lowest BCUT2D eigenvalue weighted by Gasteiger charge is -2.27. The van der Waals surface area contributed by atoms with Gasteiger partial charge in [-0.2, -0.15) is 9.61 Å². The van der Waals surface area contributed by atoms with Crippen LogP contribution >= 0.6 is 0 Å². The van der Waals surface area contributed by atoms with Crippen LogP contribution in [0.25, 0.3) is 22.9 Å². The van der Waals surface area contributed by atoms with Crippen molar-refractivity contribution in [2.45, 2.75) is 58.3 Å². The van der Waals surface area contributed by atoms with Crippen LogP contribution in [-0.4, -0.2) is 25.4 Å². The van der Waals surface area contributed by atoms with E-state index in [2.05, 4.69) is 17.0 Å². The van der Waals surface area contributed by atoms with Crippen LogP contribution in [0.4, 0.5) is 10.2 Å². The van der Waals surface area contributed by atoms with Crippen LogP contribution in [0.2, 0.25) is 0 Å². The Kier molecular flexibility index (Phi) is 4.84. The number of anilines is 1. The largest absolute Gasteiger partial charge is 0.383 e. The summed E-state index contributed by atoms with van der Waals surface area (Å²) in [7, 11) is 0. The van der Waals surface area contributed by atoms with E-state index in [0.29, 0.717) is 35.8 Å². The molecule has 0 atom stereocenters. The number of pyridine rings is 1. The Morgan fingerprint density at radius 3 is 2.71 bits per heavy atom. The molecular formula is C24H26FN5O. The predicted molar refractivity (Wildman–Crippen MR) is 118 cm³/mol. The summed E-state index contributed by atoms with van der Waals surface area (Å²) < 4.78 is 15.3. The summed E-state index contributed by atoms with van der Waals surface area (Å²) in [5.41, 5.74) is 11.6. The number of aromatic nitrogens is 4. The first-order chi connectivity index (χ1) is 14.9. The number of hydrogen-bond acceptors (Lipinski definition) is 5. The molecule has 160 valence electrons. The van der Waals surface area contributed by atoms with Gasteiger partial charge in [-0.3, -0.25) is 9.78 Å². The lowest BCUT2D eigenvalue weighted by molar-refractivity contribution is 0.101. The zero-order chi connectivity index (χ0) is 21.7. The van der Waals surface area contributed by atoms with E-state index in [1.807, 2.05) is 6.07 Å². The summed E-state index contributed by atoms with van der Waals surface area (Å²) in [5, 5.41) is 4.42. The van der Waals surface area contributed by atoms with Gasteiger partial charge in [0.25, 0.3) is 0 Å². The number of carbonyl (C=O) groups is 1. The number of aryl methyl sites for hydroxylation is 1. The summed E-state index contributed by atoms with van der Waals surface area (Å²) in [6.45, 7) is 3.80. The molecule has 31 heavy (non-hydrogen) atoms. The maximum Gasteiger partial charge on any atom is 0.165 e. The van der Waals surface area contributed by atoms with Crippen molar-refractivity contribution in [1.82, 2.24) is 19.6 Å². The van der Waals surface area contributed by atoms with Gasteiger partial charge < -0.3 is 5.73 Å². The lowest BCUT2D eigenvalue weighted by atomic mass is 9.80. The Hall–Kier alpha value is -3.09. The van der Waals surface area contributed by atoms with Gasteiger partial charge in [-0.15, -0.1) is 0 Å². The van der Waals surface area contributed by atoms with E-state index in [1.54, 1.807) is 18.5 Å². The van der Waals surface area contributed by atoms with Gasteiger partial charge in [0.15, 0.2) is 11.4 Å². The molecule has 5 rings (SSSR count). The van der Waals surface area contributed by atoms with Crippen molar-refractivity contribution in [2.75, 3.05) is 5.73 Å². The minimum atomic E-state index is -0.131. The number of rotatable bonds is 3. The molecule has 0 aromatic carbocycles. The molecule has 0 radical (unpaired) electrons. The third-order valence-corrected chi connectivity index (χ3v) is 6.69. The summed E-state index contributed by atoms with van der Waals surface area (Å²) in [6, 6.07) is 1.93. The van der Waals surface area contributed by atoms with Crippen LogP contribution in [0.5, 0.6) is 0 Å². The molecule has 0 amide bonds. The fourth-order valence-electron chi connectivity index (χ4n) is 4.90. The summed E-state index contributed by atoms with van der Waals surface area (Å²) in [4.78, 5) is 22.0. The Bertz CT molecular complexity index is 1220. The highest BCUT2D eigenvalue weighted by Gasteiger charge is 2.28. The fourth-order valence-corrected chi connectivity index (χ4v) is 4.90. The van der Waals surface area contributed by atoms with E-state index in [-0.39, 0.29) is 17.5 Å². The number of allylic oxidation sites excluding steroid dienone is 1. The normalized spacial score (nSPS) is 21.1. The molecule has 0 bridgehead atoms. The molecule has 0 spiro atoms. The summed E-state index contributed by atoms with van der Waals surface area (Å²) in [5.74, 6) is 1.01. The van der Waals surface area contributed by atoms with Gasteiger partial charge in [0.05, 0.1) is 17.5 Å². The van der Waals surface area contributed by atoms with Gasteiger partial charge in [-0.1, -0.05) is 19.8 Å². The van der Waals surface area contributed by atoms with Crippen LogP contribution in [0.1, 0.15) is 79.2 Å².